The van der Waals surface area contributed by atoms with Gasteiger partial charge in [-0.05, 0) is 55.0 Å². The van der Waals surface area contributed by atoms with Gasteiger partial charge >= 0.3 is 0 Å². The van der Waals surface area contributed by atoms with Gasteiger partial charge in [0.25, 0.3) is 5.91 Å². The van der Waals surface area contributed by atoms with Crippen LogP contribution in [0.25, 0.3) is 5.69 Å². The Balaban J connectivity index is 1.70. The van der Waals surface area contributed by atoms with Crippen molar-refractivity contribution >= 4 is 17.5 Å². The lowest BCUT2D eigenvalue weighted by Gasteiger charge is -2.19. The lowest BCUT2D eigenvalue weighted by atomic mass is 10.2. The predicted molar refractivity (Wildman–Crippen MR) is 105 cm³/mol. The fourth-order valence-corrected chi connectivity index (χ4v) is 2.79. The molecule has 0 saturated carbocycles. The number of carbonyl (C=O) groups is 2. The average molecular weight is 380 g/mol. The number of anilines is 1. The highest BCUT2D eigenvalue weighted by Crippen LogP contribution is 2.15. The Morgan fingerprint density at radius 1 is 1.14 bits per heavy atom. The van der Waals surface area contributed by atoms with Crippen molar-refractivity contribution in [1.29, 1.82) is 0 Å². The number of aromatic nitrogens is 2. The Hall–Kier alpha value is -3.48. The Bertz CT molecular complexity index is 982. The molecule has 0 saturated heterocycles. The largest absolute Gasteiger partial charge is 0.339 e. The molecule has 6 nitrogen and oxygen atoms in total. The molecule has 1 heterocycles. The van der Waals surface area contributed by atoms with Gasteiger partial charge < -0.3 is 10.2 Å². The summed E-state index contributed by atoms with van der Waals surface area (Å²) in [6.45, 7) is 4.55. The van der Waals surface area contributed by atoms with Crippen molar-refractivity contribution in [3.63, 3.8) is 0 Å². The molecule has 7 heteroatoms. The van der Waals surface area contributed by atoms with Crippen LogP contribution in [0.1, 0.15) is 29.9 Å². The summed E-state index contributed by atoms with van der Waals surface area (Å²) in [4.78, 5) is 25.8. The zero-order chi connectivity index (χ0) is 20.1. The SMILES string of the molecule is CCN(Cc1cccc(NC(=O)c2ccn(-c3ccc(F)cc3)n2)c1)C(C)=O. The molecule has 1 N–H and O–H groups in total. The predicted octanol–water partition coefficient (Wildman–Crippen LogP) is 3.63. The Labute approximate surface area is 162 Å². The highest BCUT2D eigenvalue weighted by molar-refractivity contribution is 6.02. The standard InChI is InChI=1S/C21H21FN4O2/c1-3-25(15(2)27)14-16-5-4-6-18(13-16)23-21(28)20-11-12-26(24-20)19-9-7-17(22)8-10-19/h4-13H,3,14H2,1-2H3,(H,23,28). The maximum absolute atomic E-state index is 13.0. The third kappa shape index (κ3) is 4.62. The minimum absolute atomic E-state index is 0.00303. The first-order valence-electron chi connectivity index (χ1n) is 8.93. The number of hydrogen-bond donors (Lipinski definition) is 1. The van der Waals surface area contributed by atoms with Crippen LogP contribution in [0.15, 0.2) is 60.8 Å². The van der Waals surface area contributed by atoms with Gasteiger partial charge in [-0.25, -0.2) is 9.07 Å². The second kappa shape index (κ2) is 8.47. The van der Waals surface area contributed by atoms with Gasteiger partial charge in [0.1, 0.15) is 5.82 Å². The van der Waals surface area contributed by atoms with E-state index in [2.05, 4.69) is 10.4 Å². The van der Waals surface area contributed by atoms with Crippen molar-refractivity contribution in [2.24, 2.45) is 0 Å². The van der Waals surface area contributed by atoms with Crippen molar-refractivity contribution in [1.82, 2.24) is 14.7 Å². The summed E-state index contributed by atoms with van der Waals surface area (Å²) in [6.07, 6.45) is 1.64. The van der Waals surface area contributed by atoms with E-state index in [1.54, 1.807) is 35.4 Å². The summed E-state index contributed by atoms with van der Waals surface area (Å²) in [5.74, 6) is -0.680. The lowest BCUT2D eigenvalue weighted by Crippen LogP contribution is -2.27. The molecule has 3 rings (SSSR count). The van der Waals surface area contributed by atoms with Crippen LogP contribution < -0.4 is 5.32 Å². The van der Waals surface area contributed by atoms with Crippen LogP contribution in [-0.4, -0.2) is 33.0 Å². The minimum Gasteiger partial charge on any atom is -0.339 e. The van der Waals surface area contributed by atoms with Gasteiger partial charge in [-0.2, -0.15) is 5.10 Å². The van der Waals surface area contributed by atoms with Crippen molar-refractivity contribution in [2.75, 3.05) is 11.9 Å². The number of nitrogens with zero attached hydrogens (tertiary/aromatic N) is 3. The van der Waals surface area contributed by atoms with Gasteiger partial charge in [0.2, 0.25) is 5.91 Å². The van der Waals surface area contributed by atoms with E-state index in [1.165, 1.54) is 23.7 Å². The van der Waals surface area contributed by atoms with Crippen LogP contribution in [-0.2, 0) is 11.3 Å². The van der Waals surface area contributed by atoms with Crippen LogP contribution in [0.3, 0.4) is 0 Å². The number of carbonyl (C=O) groups excluding carboxylic acids is 2. The summed E-state index contributed by atoms with van der Waals surface area (Å²) in [6, 6.07) is 14.8. The molecule has 0 spiro atoms. The van der Waals surface area contributed by atoms with Crippen LogP contribution in [0, 0.1) is 5.82 Å². The lowest BCUT2D eigenvalue weighted by molar-refractivity contribution is -0.129. The molecule has 144 valence electrons. The maximum atomic E-state index is 13.0. The molecule has 0 radical (unpaired) electrons. The van der Waals surface area contributed by atoms with E-state index < -0.39 is 0 Å². The maximum Gasteiger partial charge on any atom is 0.276 e. The number of amides is 2. The summed E-state index contributed by atoms with van der Waals surface area (Å²) in [5, 5.41) is 7.06. The van der Waals surface area contributed by atoms with E-state index in [1.807, 2.05) is 25.1 Å². The molecule has 0 fully saturated rings. The van der Waals surface area contributed by atoms with Crippen LogP contribution in [0.2, 0.25) is 0 Å². The molecule has 3 aromatic rings. The van der Waals surface area contributed by atoms with Crippen molar-refractivity contribution in [2.45, 2.75) is 20.4 Å². The molecule has 0 unspecified atom stereocenters. The monoisotopic (exact) mass is 380 g/mol. The van der Waals surface area contributed by atoms with E-state index in [-0.39, 0.29) is 23.3 Å². The number of hydrogen-bond acceptors (Lipinski definition) is 3. The molecule has 0 atom stereocenters. The Morgan fingerprint density at radius 2 is 1.89 bits per heavy atom. The topological polar surface area (TPSA) is 67.2 Å². The van der Waals surface area contributed by atoms with Crippen LogP contribution in [0.5, 0.6) is 0 Å². The van der Waals surface area contributed by atoms with Gasteiger partial charge in [-0.15, -0.1) is 0 Å². The van der Waals surface area contributed by atoms with Crippen LogP contribution in [0.4, 0.5) is 10.1 Å². The van der Waals surface area contributed by atoms with Gasteiger partial charge in [0, 0.05) is 31.9 Å². The smallest absolute Gasteiger partial charge is 0.276 e. The first kappa shape index (κ1) is 19.3. The zero-order valence-corrected chi connectivity index (χ0v) is 15.7. The third-order valence-corrected chi connectivity index (χ3v) is 4.30. The summed E-state index contributed by atoms with van der Waals surface area (Å²) in [7, 11) is 0. The summed E-state index contributed by atoms with van der Waals surface area (Å²) < 4.78 is 14.6. The van der Waals surface area contributed by atoms with Crippen LogP contribution >= 0.6 is 0 Å². The van der Waals surface area contributed by atoms with Crippen molar-refractivity contribution in [3.8, 4) is 5.69 Å². The van der Waals surface area contributed by atoms with Gasteiger partial charge in [-0.3, -0.25) is 9.59 Å². The number of rotatable bonds is 6. The average Bonchev–Trinajstić information content (AvgIpc) is 3.17. The second-order valence-corrected chi connectivity index (χ2v) is 6.31. The van der Waals surface area contributed by atoms with Crippen molar-refractivity contribution in [3.05, 3.63) is 77.9 Å². The highest BCUT2D eigenvalue weighted by atomic mass is 19.1. The summed E-state index contributed by atoms with van der Waals surface area (Å²) >= 11 is 0. The molecule has 0 bridgehead atoms. The number of nitrogens with one attached hydrogen (secondary N) is 1. The molecular formula is C21H21FN4O2. The molecule has 0 aliphatic heterocycles. The summed E-state index contributed by atoms with van der Waals surface area (Å²) in [5.41, 5.74) is 2.45. The number of halogens is 1. The molecule has 0 aliphatic carbocycles. The van der Waals surface area contributed by atoms with Crippen molar-refractivity contribution < 1.29 is 14.0 Å². The fraction of sp³-hybridized carbons (Fsp3) is 0.190. The molecule has 28 heavy (non-hydrogen) atoms. The van der Waals surface area contributed by atoms with Gasteiger partial charge in [-0.1, -0.05) is 12.1 Å². The van der Waals surface area contributed by atoms with E-state index >= 15 is 0 Å². The van der Waals surface area contributed by atoms with E-state index in [0.29, 0.717) is 24.5 Å². The van der Waals surface area contributed by atoms with E-state index in [4.69, 9.17) is 0 Å². The molecular weight excluding hydrogens is 359 g/mol. The fourth-order valence-electron chi connectivity index (χ4n) is 2.79. The Kier molecular flexibility index (Phi) is 5.84. The van der Waals surface area contributed by atoms with Gasteiger partial charge in [0.05, 0.1) is 5.69 Å². The van der Waals surface area contributed by atoms with E-state index in [9.17, 15) is 14.0 Å². The molecule has 0 aliphatic rings. The first-order chi connectivity index (χ1) is 13.5. The van der Waals surface area contributed by atoms with Gasteiger partial charge in [0.15, 0.2) is 5.69 Å². The third-order valence-electron chi connectivity index (χ3n) is 4.30. The second-order valence-electron chi connectivity index (χ2n) is 6.31. The minimum atomic E-state index is -0.350. The molecule has 2 amide bonds. The molecule has 2 aromatic carbocycles. The first-order valence-corrected chi connectivity index (χ1v) is 8.93. The van der Waals surface area contributed by atoms with E-state index in [0.717, 1.165) is 5.56 Å². The normalized spacial score (nSPS) is 10.5. The zero-order valence-electron chi connectivity index (χ0n) is 15.7. The quantitative estimate of drug-likeness (QED) is 0.710. The highest BCUT2D eigenvalue weighted by Gasteiger charge is 2.12. The molecule has 1 aromatic heterocycles. The Morgan fingerprint density at radius 3 is 2.57 bits per heavy atom. The number of benzene rings is 2.